The summed E-state index contributed by atoms with van der Waals surface area (Å²) < 4.78 is 11.8. The van der Waals surface area contributed by atoms with Gasteiger partial charge in [-0.1, -0.05) is 13.3 Å². The molecule has 0 aromatic rings. The second-order valence-corrected chi connectivity index (χ2v) is 9.35. The number of halogens is 1. The van der Waals surface area contributed by atoms with Crippen LogP contribution in [-0.2, 0) is 9.47 Å². The van der Waals surface area contributed by atoms with E-state index in [0.717, 1.165) is 57.3 Å². The van der Waals surface area contributed by atoms with Gasteiger partial charge < -0.3 is 20.1 Å². The molecule has 2 atom stereocenters. The fourth-order valence-corrected chi connectivity index (χ4v) is 5.91. The Morgan fingerprint density at radius 3 is 2.50 bits per heavy atom. The van der Waals surface area contributed by atoms with Gasteiger partial charge in [0.1, 0.15) is 0 Å². The lowest BCUT2D eigenvalue weighted by atomic mass is 9.51. The summed E-state index contributed by atoms with van der Waals surface area (Å²) in [4.78, 5) is 4.49. The molecule has 152 valence electrons. The van der Waals surface area contributed by atoms with Gasteiger partial charge in [0.25, 0.3) is 0 Å². The first-order valence-corrected chi connectivity index (χ1v) is 11.0. The molecule has 1 aliphatic heterocycles. The van der Waals surface area contributed by atoms with Gasteiger partial charge >= 0.3 is 0 Å². The average Bonchev–Trinajstić information content (AvgIpc) is 2.56. The maximum Gasteiger partial charge on any atom is 0.191 e. The predicted molar refractivity (Wildman–Crippen MR) is 121 cm³/mol. The number of hydrogen-bond donors (Lipinski definition) is 2. The molecular formula is C19H36IN3O2S. The van der Waals surface area contributed by atoms with E-state index in [1.807, 2.05) is 7.05 Å². The summed E-state index contributed by atoms with van der Waals surface area (Å²) in [6, 6.07) is 0.508. The molecule has 2 saturated carbocycles. The van der Waals surface area contributed by atoms with E-state index < -0.39 is 0 Å². The normalized spacial score (nSPS) is 29.3. The van der Waals surface area contributed by atoms with E-state index in [-0.39, 0.29) is 28.7 Å². The third-order valence-corrected chi connectivity index (χ3v) is 7.86. The van der Waals surface area contributed by atoms with Crippen LogP contribution in [0.3, 0.4) is 0 Å². The summed E-state index contributed by atoms with van der Waals surface area (Å²) in [6.07, 6.45) is 7.71. The second-order valence-electron chi connectivity index (χ2n) is 7.62. The van der Waals surface area contributed by atoms with Crippen molar-refractivity contribution in [1.29, 1.82) is 0 Å². The highest BCUT2D eigenvalue weighted by Crippen LogP contribution is 2.57. The Hall–Kier alpha value is 0.270. The molecule has 3 rings (SSSR count). The van der Waals surface area contributed by atoms with Gasteiger partial charge in [0.15, 0.2) is 5.96 Å². The van der Waals surface area contributed by atoms with Crippen LogP contribution in [-0.4, -0.2) is 62.0 Å². The molecule has 3 aliphatic rings. The first-order chi connectivity index (χ1) is 12.2. The summed E-state index contributed by atoms with van der Waals surface area (Å²) in [5, 5.41) is 7.32. The van der Waals surface area contributed by atoms with Gasteiger partial charge in [-0.3, -0.25) is 4.99 Å². The first kappa shape index (κ1) is 22.6. The van der Waals surface area contributed by atoms with Crippen LogP contribution in [0.5, 0.6) is 0 Å². The van der Waals surface area contributed by atoms with E-state index in [1.54, 1.807) is 0 Å². The van der Waals surface area contributed by atoms with Crippen molar-refractivity contribution in [2.24, 2.45) is 10.4 Å². The number of nitrogens with one attached hydrogen (secondary N) is 2. The van der Waals surface area contributed by atoms with E-state index in [1.165, 1.54) is 19.3 Å². The van der Waals surface area contributed by atoms with Crippen LogP contribution in [0.15, 0.2) is 4.99 Å². The highest BCUT2D eigenvalue weighted by atomic mass is 127. The Morgan fingerprint density at radius 2 is 1.96 bits per heavy atom. The minimum Gasteiger partial charge on any atom is -0.381 e. The van der Waals surface area contributed by atoms with E-state index in [4.69, 9.17) is 9.47 Å². The minimum absolute atomic E-state index is 0. The Bertz CT molecular complexity index is 462. The Labute approximate surface area is 180 Å². The number of rotatable bonds is 7. The molecule has 1 heterocycles. The molecule has 5 nitrogen and oxygen atoms in total. The molecule has 7 heteroatoms. The van der Waals surface area contributed by atoms with Crippen molar-refractivity contribution in [3.8, 4) is 0 Å². The molecule has 0 amide bonds. The number of guanidine groups is 1. The zero-order valence-electron chi connectivity index (χ0n) is 16.5. The Kier molecular flexibility index (Phi) is 8.82. The fraction of sp³-hybridized carbons (Fsp3) is 0.947. The van der Waals surface area contributed by atoms with Crippen molar-refractivity contribution in [2.45, 2.75) is 69.3 Å². The van der Waals surface area contributed by atoms with Gasteiger partial charge in [0.05, 0.1) is 6.10 Å². The number of aliphatic imine (C=N–C) groups is 1. The van der Waals surface area contributed by atoms with Crippen molar-refractivity contribution >= 4 is 41.7 Å². The van der Waals surface area contributed by atoms with Crippen LogP contribution in [0, 0.1) is 5.41 Å². The maximum absolute atomic E-state index is 5.97. The molecule has 2 aliphatic carbocycles. The van der Waals surface area contributed by atoms with Gasteiger partial charge in [-0.2, -0.15) is 11.8 Å². The van der Waals surface area contributed by atoms with Crippen LogP contribution in [0.4, 0.5) is 0 Å². The minimum atomic E-state index is 0. The van der Waals surface area contributed by atoms with E-state index in [0.29, 0.717) is 17.6 Å². The smallest absolute Gasteiger partial charge is 0.191 e. The van der Waals surface area contributed by atoms with Gasteiger partial charge in [0, 0.05) is 49.6 Å². The van der Waals surface area contributed by atoms with E-state index in [2.05, 4.69) is 41.2 Å². The molecule has 1 spiro atoms. The standard InChI is InChI=1S/C19H35N3O2S.HI/c1-4-24-16-13-15(19(16)7-6-8-19)22-17(20-3)21-14-18(25-5-2)9-11-23-12-10-18;/h15-16H,4-14H2,1-3H3,(H2,20,21,22);1H. The molecular weight excluding hydrogens is 461 g/mol. The second kappa shape index (κ2) is 10.2. The van der Waals surface area contributed by atoms with Gasteiger partial charge in [-0.25, -0.2) is 0 Å². The number of ether oxygens (including phenoxy) is 2. The molecule has 0 aromatic carbocycles. The average molecular weight is 497 g/mol. The van der Waals surface area contributed by atoms with Crippen LogP contribution in [0.25, 0.3) is 0 Å². The highest BCUT2D eigenvalue weighted by Gasteiger charge is 2.59. The lowest BCUT2D eigenvalue weighted by molar-refractivity contribution is -0.168. The molecule has 0 bridgehead atoms. The van der Waals surface area contributed by atoms with E-state index >= 15 is 0 Å². The number of thioether (sulfide) groups is 1. The Balaban J connectivity index is 0.00000243. The maximum atomic E-state index is 5.97. The lowest BCUT2D eigenvalue weighted by Crippen LogP contribution is -2.69. The van der Waals surface area contributed by atoms with Crippen LogP contribution >= 0.6 is 35.7 Å². The topological polar surface area (TPSA) is 54.9 Å². The highest BCUT2D eigenvalue weighted by molar-refractivity contribution is 14.0. The third kappa shape index (κ3) is 4.63. The SMILES string of the molecule is CCOC1CC(NC(=NC)NCC2(SCC)CCOCC2)C12CCC2.I. The summed E-state index contributed by atoms with van der Waals surface area (Å²) in [6.45, 7) is 7.89. The first-order valence-electron chi connectivity index (χ1n) is 9.98. The molecule has 3 fully saturated rings. The molecule has 26 heavy (non-hydrogen) atoms. The van der Waals surface area contributed by atoms with Crippen LogP contribution in [0.2, 0.25) is 0 Å². The van der Waals surface area contributed by atoms with Gasteiger partial charge in [0.2, 0.25) is 0 Å². The third-order valence-electron chi connectivity index (χ3n) is 6.40. The van der Waals surface area contributed by atoms with Gasteiger partial charge in [-0.05, 0) is 44.8 Å². The quantitative estimate of drug-likeness (QED) is 0.321. The molecule has 2 N–H and O–H groups in total. The van der Waals surface area contributed by atoms with Crippen LogP contribution in [0.1, 0.15) is 52.4 Å². The van der Waals surface area contributed by atoms with Crippen molar-refractivity contribution in [2.75, 3.05) is 39.2 Å². The van der Waals surface area contributed by atoms with Crippen molar-refractivity contribution in [3.05, 3.63) is 0 Å². The predicted octanol–water partition coefficient (Wildman–Crippen LogP) is 3.42. The monoisotopic (exact) mass is 497 g/mol. The van der Waals surface area contributed by atoms with Crippen molar-refractivity contribution in [3.63, 3.8) is 0 Å². The summed E-state index contributed by atoms with van der Waals surface area (Å²) in [5.74, 6) is 2.10. The van der Waals surface area contributed by atoms with Crippen molar-refractivity contribution < 1.29 is 9.47 Å². The van der Waals surface area contributed by atoms with Crippen LogP contribution < -0.4 is 10.6 Å². The zero-order valence-corrected chi connectivity index (χ0v) is 19.7. The number of hydrogen-bond acceptors (Lipinski definition) is 4. The van der Waals surface area contributed by atoms with E-state index in [9.17, 15) is 0 Å². The zero-order chi connectivity index (χ0) is 17.8. The molecule has 0 aromatic heterocycles. The van der Waals surface area contributed by atoms with Crippen molar-refractivity contribution in [1.82, 2.24) is 10.6 Å². The summed E-state index contributed by atoms with van der Waals surface area (Å²) in [5.41, 5.74) is 0.363. The summed E-state index contributed by atoms with van der Waals surface area (Å²) >= 11 is 2.07. The molecule has 2 unspecified atom stereocenters. The van der Waals surface area contributed by atoms with Gasteiger partial charge in [-0.15, -0.1) is 24.0 Å². The largest absolute Gasteiger partial charge is 0.381 e. The summed E-state index contributed by atoms with van der Waals surface area (Å²) in [7, 11) is 1.88. The fourth-order valence-electron chi connectivity index (χ4n) is 4.67. The Morgan fingerprint density at radius 1 is 1.23 bits per heavy atom. The number of nitrogens with zero attached hydrogens (tertiary/aromatic N) is 1. The lowest BCUT2D eigenvalue weighted by Gasteiger charge is -2.61. The molecule has 1 saturated heterocycles. The molecule has 0 radical (unpaired) electrons.